The fourth-order valence-corrected chi connectivity index (χ4v) is 2.86. The predicted octanol–water partition coefficient (Wildman–Crippen LogP) is 2.58. The number of rotatable bonds is 5. The molecule has 1 aliphatic rings. The first-order valence-electron chi connectivity index (χ1n) is 8.28. The van der Waals surface area contributed by atoms with Crippen molar-refractivity contribution in [1.82, 2.24) is 15.1 Å². The molecule has 2 aromatic rings. The summed E-state index contributed by atoms with van der Waals surface area (Å²) in [5.41, 5.74) is 0.203. The van der Waals surface area contributed by atoms with Crippen LogP contribution < -0.4 is 10.9 Å². The van der Waals surface area contributed by atoms with Gasteiger partial charge >= 0.3 is 0 Å². The van der Waals surface area contributed by atoms with Gasteiger partial charge in [-0.1, -0.05) is 32.0 Å². The molecule has 1 saturated carbocycles. The van der Waals surface area contributed by atoms with E-state index in [2.05, 4.69) is 10.4 Å². The van der Waals surface area contributed by atoms with Gasteiger partial charge in [0.1, 0.15) is 0 Å². The zero-order chi connectivity index (χ0) is 16.6. The Labute approximate surface area is 135 Å². The van der Waals surface area contributed by atoms with Crippen LogP contribution in [0.15, 0.2) is 29.1 Å². The smallest absolute Gasteiger partial charge is 0.274 e. The quantitative estimate of drug-likeness (QED) is 0.923. The number of amides is 1. The molecule has 3 rings (SSSR count). The molecule has 1 atom stereocenters. The van der Waals surface area contributed by atoms with Crippen molar-refractivity contribution in [2.45, 2.75) is 46.2 Å². The fourth-order valence-electron chi connectivity index (χ4n) is 2.86. The van der Waals surface area contributed by atoms with Crippen LogP contribution in [0.4, 0.5) is 0 Å². The summed E-state index contributed by atoms with van der Waals surface area (Å²) >= 11 is 0. The highest BCUT2D eigenvalue weighted by atomic mass is 16.2. The number of fused-ring (bicyclic) bond motifs is 1. The molecule has 0 saturated heterocycles. The van der Waals surface area contributed by atoms with Gasteiger partial charge in [-0.15, -0.1) is 0 Å². The number of hydrogen-bond acceptors (Lipinski definition) is 3. The number of nitrogens with one attached hydrogen (secondary N) is 1. The van der Waals surface area contributed by atoms with E-state index in [0.717, 1.165) is 0 Å². The third kappa shape index (κ3) is 3.28. The maximum atomic E-state index is 12.7. The summed E-state index contributed by atoms with van der Waals surface area (Å²) in [6.07, 6.45) is 2.34. The van der Waals surface area contributed by atoms with Crippen LogP contribution >= 0.6 is 0 Å². The predicted molar refractivity (Wildman–Crippen MR) is 90.5 cm³/mol. The van der Waals surface area contributed by atoms with Crippen LogP contribution in [0.25, 0.3) is 10.8 Å². The Morgan fingerprint density at radius 2 is 1.91 bits per heavy atom. The van der Waals surface area contributed by atoms with Crippen LogP contribution in [0.5, 0.6) is 0 Å². The van der Waals surface area contributed by atoms with Gasteiger partial charge in [-0.2, -0.15) is 5.10 Å². The Hall–Kier alpha value is -2.17. The molecule has 1 heterocycles. The maximum absolute atomic E-state index is 12.7. The first-order valence-corrected chi connectivity index (χ1v) is 8.28. The third-order valence-electron chi connectivity index (χ3n) is 4.31. The lowest BCUT2D eigenvalue weighted by atomic mass is 10.1. The van der Waals surface area contributed by atoms with E-state index in [9.17, 15) is 9.59 Å². The van der Waals surface area contributed by atoms with Crippen molar-refractivity contribution in [2.75, 3.05) is 0 Å². The van der Waals surface area contributed by atoms with Crippen molar-refractivity contribution in [1.29, 1.82) is 0 Å². The second-order valence-electron chi connectivity index (χ2n) is 6.87. The molecule has 5 nitrogen and oxygen atoms in total. The standard InChI is InChI=1S/C18H23N3O2/c1-11(2)10-21-18(23)15-7-5-4-6-14(15)16(20-21)17(22)19-12(3)13-8-9-13/h4-7,11-13H,8-10H2,1-3H3,(H,19,22)/t12-/m1/s1. The van der Waals surface area contributed by atoms with Gasteiger partial charge in [0.05, 0.1) is 5.39 Å². The van der Waals surface area contributed by atoms with E-state index < -0.39 is 0 Å². The zero-order valence-corrected chi connectivity index (χ0v) is 13.9. The summed E-state index contributed by atoms with van der Waals surface area (Å²) in [5, 5.41) is 8.57. The van der Waals surface area contributed by atoms with Crippen LogP contribution in [0.1, 0.15) is 44.1 Å². The van der Waals surface area contributed by atoms with Crippen molar-refractivity contribution in [3.05, 3.63) is 40.3 Å². The summed E-state index contributed by atoms with van der Waals surface area (Å²) < 4.78 is 1.42. The monoisotopic (exact) mass is 313 g/mol. The van der Waals surface area contributed by atoms with E-state index in [1.807, 2.05) is 32.9 Å². The first-order chi connectivity index (χ1) is 11.0. The second kappa shape index (κ2) is 6.14. The average Bonchev–Trinajstić information content (AvgIpc) is 3.34. The van der Waals surface area contributed by atoms with E-state index in [4.69, 9.17) is 0 Å². The summed E-state index contributed by atoms with van der Waals surface area (Å²) in [5.74, 6) is 0.660. The normalized spacial score (nSPS) is 15.8. The van der Waals surface area contributed by atoms with E-state index in [1.165, 1.54) is 17.5 Å². The van der Waals surface area contributed by atoms with Gasteiger partial charge < -0.3 is 5.32 Å². The van der Waals surface area contributed by atoms with Crippen molar-refractivity contribution >= 4 is 16.7 Å². The third-order valence-corrected chi connectivity index (χ3v) is 4.31. The molecule has 0 bridgehead atoms. The van der Waals surface area contributed by atoms with Crippen molar-refractivity contribution in [3.8, 4) is 0 Å². The molecule has 1 aliphatic carbocycles. The minimum absolute atomic E-state index is 0.138. The summed E-state index contributed by atoms with van der Waals surface area (Å²) in [6.45, 7) is 6.58. The first kappa shape index (κ1) is 15.7. The molecule has 1 N–H and O–H groups in total. The molecular formula is C18H23N3O2. The highest BCUT2D eigenvalue weighted by Gasteiger charge is 2.30. The maximum Gasteiger partial charge on any atom is 0.274 e. The number of carbonyl (C=O) groups is 1. The Bertz CT molecular complexity index is 790. The molecule has 1 aromatic carbocycles. The molecule has 5 heteroatoms. The van der Waals surface area contributed by atoms with Crippen molar-refractivity contribution < 1.29 is 4.79 Å². The van der Waals surface area contributed by atoms with Gasteiger partial charge in [0.25, 0.3) is 11.5 Å². The number of benzene rings is 1. The molecule has 1 aromatic heterocycles. The molecule has 23 heavy (non-hydrogen) atoms. The zero-order valence-electron chi connectivity index (χ0n) is 13.9. The van der Waals surface area contributed by atoms with Crippen molar-refractivity contribution in [3.63, 3.8) is 0 Å². The fraction of sp³-hybridized carbons (Fsp3) is 0.500. The Morgan fingerprint density at radius 3 is 2.52 bits per heavy atom. The SMILES string of the molecule is CC(C)Cn1nc(C(=O)N[C@H](C)C2CC2)c2ccccc2c1=O. The van der Waals surface area contributed by atoms with Crippen LogP contribution in [0.2, 0.25) is 0 Å². The van der Waals surface area contributed by atoms with E-state index in [-0.39, 0.29) is 23.4 Å². The van der Waals surface area contributed by atoms with Gasteiger partial charge in [0.2, 0.25) is 0 Å². The Morgan fingerprint density at radius 1 is 1.26 bits per heavy atom. The highest BCUT2D eigenvalue weighted by molar-refractivity contribution is 6.04. The minimum Gasteiger partial charge on any atom is -0.348 e. The molecule has 0 aliphatic heterocycles. The van der Waals surface area contributed by atoms with Gasteiger partial charge in [-0.3, -0.25) is 9.59 Å². The molecule has 0 spiro atoms. The van der Waals surface area contributed by atoms with Crippen LogP contribution in [-0.4, -0.2) is 21.7 Å². The van der Waals surface area contributed by atoms with E-state index in [0.29, 0.717) is 28.9 Å². The highest BCUT2D eigenvalue weighted by Crippen LogP contribution is 2.32. The molecule has 122 valence electrons. The second-order valence-corrected chi connectivity index (χ2v) is 6.87. The molecular weight excluding hydrogens is 290 g/mol. The number of nitrogens with zero attached hydrogens (tertiary/aromatic N) is 2. The summed E-state index contributed by atoms with van der Waals surface area (Å²) in [4.78, 5) is 25.2. The molecule has 0 radical (unpaired) electrons. The average molecular weight is 313 g/mol. The topological polar surface area (TPSA) is 64.0 Å². The Kier molecular flexibility index (Phi) is 4.20. The lowest BCUT2D eigenvalue weighted by Gasteiger charge is -2.15. The van der Waals surface area contributed by atoms with E-state index >= 15 is 0 Å². The lowest BCUT2D eigenvalue weighted by Crippen LogP contribution is -2.37. The van der Waals surface area contributed by atoms with Gasteiger partial charge in [0, 0.05) is 18.0 Å². The number of hydrogen-bond donors (Lipinski definition) is 1. The van der Waals surface area contributed by atoms with Gasteiger partial charge in [-0.05, 0) is 37.7 Å². The van der Waals surface area contributed by atoms with Crippen molar-refractivity contribution in [2.24, 2.45) is 11.8 Å². The lowest BCUT2D eigenvalue weighted by molar-refractivity contribution is 0.0930. The number of aromatic nitrogens is 2. The van der Waals surface area contributed by atoms with E-state index in [1.54, 1.807) is 12.1 Å². The number of carbonyl (C=O) groups excluding carboxylic acids is 1. The summed E-state index contributed by atoms with van der Waals surface area (Å²) in [6, 6.07) is 7.35. The minimum atomic E-state index is -0.196. The van der Waals surface area contributed by atoms with Crippen LogP contribution in [-0.2, 0) is 6.54 Å². The van der Waals surface area contributed by atoms with Gasteiger partial charge in [-0.25, -0.2) is 4.68 Å². The van der Waals surface area contributed by atoms with Gasteiger partial charge in [0.15, 0.2) is 5.69 Å². The molecule has 1 amide bonds. The Balaban J connectivity index is 2.05. The van der Waals surface area contributed by atoms with Crippen LogP contribution in [0, 0.1) is 11.8 Å². The summed E-state index contributed by atoms with van der Waals surface area (Å²) in [7, 11) is 0. The molecule has 1 fully saturated rings. The molecule has 0 unspecified atom stereocenters. The largest absolute Gasteiger partial charge is 0.348 e. The van der Waals surface area contributed by atoms with Crippen LogP contribution in [0.3, 0.4) is 0 Å².